The van der Waals surface area contributed by atoms with Gasteiger partial charge in [0.15, 0.2) is 0 Å². The van der Waals surface area contributed by atoms with Crippen LogP contribution in [0.15, 0.2) is 18.2 Å². The minimum absolute atomic E-state index is 0.512. The highest BCUT2D eigenvalue weighted by Crippen LogP contribution is 2.25. The summed E-state index contributed by atoms with van der Waals surface area (Å²) in [5, 5.41) is 9.39. The van der Waals surface area contributed by atoms with Gasteiger partial charge in [0.1, 0.15) is 0 Å². The van der Waals surface area contributed by atoms with E-state index in [2.05, 4.69) is 4.90 Å². The van der Waals surface area contributed by atoms with E-state index in [1.807, 2.05) is 12.1 Å². The Morgan fingerprint density at radius 3 is 2.47 bits per heavy atom. The van der Waals surface area contributed by atoms with Crippen LogP contribution in [0.4, 0.5) is 16.2 Å². The molecule has 0 aliphatic carbocycles. The Kier molecular flexibility index (Phi) is 3.28. The Morgan fingerprint density at radius 1 is 1.29 bits per heavy atom. The molecule has 0 unspecified atom stereocenters. The first-order valence-corrected chi connectivity index (χ1v) is 5.73. The summed E-state index contributed by atoms with van der Waals surface area (Å²) < 4.78 is 0. The normalized spacial score (nSPS) is 16.1. The van der Waals surface area contributed by atoms with Crippen LogP contribution in [-0.2, 0) is 0 Å². The second kappa shape index (κ2) is 4.71. The van der Waals surface area contributed by atoms with Gasteiger partial charge in [-0.3, -0.25) is 0 Å². The summed E-state index contributed by atoms with van der Waals surface area (Å²) in [5.74, 6) is 0. The SMILES string of the molecule is Nc1cc(N2CCN(C(=O)O)CC2)ccc1Cl. The fourth-order valence-corrected chi connectivity index (χ4v) is 2.00. The number of piperazine rings is 1. The van der Waals surface area contributed by atoms with Crippen LogP contribution in [0.5, 0.6) is 0 Å². The number of hydrogen-bond donors (Lipinski definition) is 2. The fraction of sp³-hybridized carbons (Fsp3) is 0.364. The Bertz CT molecular complexity index is 431. The molecule has 0 radical (unpaired) electrons. The van der Waals surface area contributed by atoms with Gasteiger partial charge in [0.05, 0.1) is 10.7 Å². The predicted molar refractivity (Wildman–Crippen MR) is 67.7 cm³/mol. The van der Waals surface area contributed by atoms with Crippen LogP contribution in [0, 0.1) is 0 Å². The number of nitrogens with two attached hydrogens (primary N) is 1. The molecule has 1 saturated heterocycles. The van der Waals surface area contributed by atoms with Crippen LogP contribution in [0.1, 0.15) is 0 Å². The minimum Gasteiger partial charge on any atom is -0.465 e. The van der Waals surface area contributed by atoms with E-state index in [1.165, 1.54) is 4.90 Å². The molecule has 0 saturated carbocycles. The molecule has 0 spiro atoms. The first-order valence-electron chi connectivity index (χ1n) is 5.36. The molecule has 92 valence electrons. The third-order valence-corrected chi connectivity index (χ3v) is 3.24. The lowest BCUT2D eigenvalue weighted by Crippen LogP contribution is -2.48. The average Bonchev–Trinajstić information content (AvgIpc) is 2.33. The van der Waals surface area contributed by atoms with E-state index in [4.69, 9.17) is 22.4 Å². The minimum atomic E-state index is -0.861. The van der Waals surface area contributed by atoms with E-state index in [0.717, 1.165) is 5.69 Å². The van der Waals surface area contributed by atoms with E-state index in [0.29, 0.717) is 36.9 Å². The zero-order valence-corrected chi connectivity index (χ0v) is 10.0. The molecule has 1 aromatic rings. The zero-order valence-electron chi connectivity index (χ0n) is 9.27. The van der Waals surface area contributed by atoms with Crippen molar-refractivity contribution in [1.82, 2.24) is 4.90 Å². The van der Waals surface area contributed by atoms with Crippen LogP contribution in [0.25, 0.3) is 0 Å². The second-order valence-electron chi connectivity index (χ2n) is 3.96. The lowest BCUT2D eigenvalue weighted by Gasteiger charge is -2.34. The number of carbonyl (C=O) groups is 1. The van der Waals surface area contributed by atoms with Crippen molar-refractivity contribution in [1.29, 1.82) is 0 Å². The van der Waals surface area contributed by atoms with Crippen LogP contribution in [-0.4, -0.2) is 42.3 Å². The predicted octanol–water partition coefficient (Wildman–Crippen LogP) is 1.72. The van der Waals surface area contributed by atoms with Gasteiger partial charge in [0.25, 0.3) is 0 Å². The number of halogens is 1. The van der Waals surface area contributed by atoms with E-state index in [-0.39, 0.29) is 0 Å². The van der Waals surface area contributed by atoms with Crippen molar-refractivity contribution in [2.45, 2.75) is 0 Å². The number of carboxylic acid groups (broad SMARTS) is 1. The zero-order chi connectivity index (χ0) is 12.4. The van der Waals surface area contributed by atoms with Crippen molar-refractivity contribution in [3.05, 3.63) is 23.2 Å². The summed E-state index contributed by atoms with van der Waals surface area (Å²) in [6.07, 6.45) is -0.861. The molecule has 1 heterocycles. The summed E-state index contributed by atoms with van der Waals surface area (Å²) in [7, 11) is 0. The van der Waals surface area contributed by atoms with Crippen molar-refractivity contribution in [2.75, 3.05) is 36.8 Å². The number of hydrogen-bond acceptors (Lipinski definition) is 3. The van der Waals surface area contributed by atoms with Gasteiger partial charge in [-0.2, -0.15) is 0 Å². The molecular formula is C11H14ClN3O2. The van der Waals surface area contributed by atoms with E-state index in [1.54, 1.807) is 6.07 Å². The highest BCUT2D eigenvalue weighted by atomic mass is 35.5. The van der Waals surface area contributed by atoms with Gasteiger partial charge in [-0.15, -0.1) is 0 Å². The number of amides is 1. The van der Waals surface area contributed by atoms with Crippen LogP contribution in [0.3, 0.4) is 0 Å². The van der Waals surface area contributed by atoms with Gasteiger partial charge in [0.2, 0.25) is 0 Å². The Balaban J connectivity index is 2.05. The second-order valence-corrected chi connectivity index (χ2v) is 4.37. The summed E-state index contributed by atoms with van der Waals surface area (Å²) in [6.45, 7) is 2.37. The van der Waals surface area contributed by atoms with E-state index < -0.39 is 6.09 Å². The van der Waals surface area contributed by atoms with Gasteiger partial charge in [0, 0.05) is 31.9 Å². The smallest absolute Gasteiger partial charge is 0.407 e. The first kappa shape index (κ1) is 11.9. The molecule has 0 aromatic heterocycles. The number of nitrogens with zero attached hydrogens (tertiary/aromatic N) is 2. The standard InChI is InChI=1S/C11H14ClN3O2/c12-9-2-1-8(7-10(9)13)14-3-5-15(6-4-14)11(16)17/h1-2,7H,3-6,13H2,(H,16,17). The third kappa shape index (κ3) is 2.55. The molecule has 0 atom stereocenters. The Hall–Kier alpha value is -1.62. The first-order chi connectivity index (χ1) is 8.08. The van der Waals surface area contributed by atoms with E-state index in [9.17, 15) is 4.79 Å². The Morgan fingerprint density at radius 2 is 1.94 bits per heavy atom. The molecule has 1 amide bonds. The molecule has 1 aliphatic rings. The summed E-state index contributed by atoms with van der Waals surface area (Å²) >= 11 is 5.85. The van der Waals surface area contributed by atoms with Crippen molar-refractivity contribution in [2.24, 2.45) is 0 Å². The molecule has 6 heteroatoms. The molecule has 1 aromatic carbocycles. The molecule has 0 bridgehead atoms. The van der Waals surface area contributed by atoms with Crippen LogP contribution < -0.4 is 10.6 Å². The topological polar surface area (TPSA) is 69.8 Å². The monoisotopic (exact) mass is 255 g/mol. The lowest BCUT2D eigenvalue weighted by molar-refractivity contribution is 0.142. The largest absolute Gasteiger partial charge is 0.465 e. The molecule has 2 rings (SSSR count). The Labute approximate surface area is 104 Å². The van der Waals surface area contributed by atoms with Crippen molar-refractivity contribution < 1.29 is 9.90 Å². The average molecular weight is 256 g/mol. The summed E-state index contributed by atoms with van der Waals surface area (Å²) in [5.41, 5.74) is 7.27. The van der Waals surface area contributed by atoms with Crippen LogP contribution in [0.2, 0.25) is 5.02 Å². The van der Waals surface area contributed by atoms with Gasteiger partial charge >= 0.3 is 6.09 Å². The van der Waals surface area contributed by atoms with Gasteiger partial charge < -0.3 is 20.6 Å². The highest BCUT2D eigenvalue weighted by molar-refractivity contribution is 6.33. The van der Waals surface area contributed by atoms with Crippen LogP contribution >= 0.6 is 11.6 Å². The molecule has 3 N–H and O–H groups in total. The van der Waals surface area contributed by atoms with E-state index >= 15 is 0 Å². The van der Waals surface area contributed by atoms with Gasteiger partial charge in [-0.1, -0.05) is 11.6 Å². The highest BCUT2D eigenvalue weighted by Gasteiger charge is 2.20. The van der Waals surface area contributed by atoms with Gasteiger partial charge in [-0.05, 0) is 18.2 Å². The van der Waals surface area contributed by atoms with Crippen molar-refractivity contribution in [3.63, 3.8) is 0 Å². The number of benzene rings is 1. The maximum Gasteiger partial charge on any atom is 0.407 e. The lowest BCUT2D eigenvalue weighted by atomic mass is 10.2. The molecule has 5 nitrogen and oxygen atoms in total. The third-order valence-electron chi connectivity index (χ3n) is 2.89. The fourth-order valence-electron chi connectivity index (χ4n) is 1.88. The van der Waals surface area contributed by atoms with Crippen molar-refractivity contribution in [3.8, 4) is 0 Å². The quantitative estimate of drug-likeness (QED) is 0.750. The number of rotatable bonds is 1. The summed E-state index contributed by atoms with van der Waals surface area (Å²) in [4.78, 5) is 14.3. The maximum absolute atomic E-state index is 10.8. The number of anilines is 2. The van der Waals surface area contributed by atoms with Gasteiger partial charge in [-0.25, -0.2) is 4.79 Å². The molecular weight excluding hydrogens is 242 g/mol. The molecule has 1 aliphatic heterocycles. The number of nitrogen functional groups attached to an aromatic ring is 1. The molecule has 1 fully saturated rings. The van der Waals surface area contributed by atoms with Crippen molar-refractivity contribution >= 4 is 29.1 Å². The molecule has 17 heavy (non-hydrogen) atoms. The maximum atomic E-state index is 10.8. The summed E-state index contributed by atoms with van der Waals surface area (Å²) in [6, 6.07) is 5.48.